The third-order valence-corrected chi connectivity index (χ3v) is 5.85. The summed E-state index contributed by atoms with van der Waals surface area (Å²) in [7, 11) is 1.40. The molecule has 0 saturated carbocycles. The Morgan fingerprint density at radius 3 is 2.95 bits per heavy atom. The van der Waals surface area contributed by atoms with Gasteiger partial charge in [-0.25, -0.2) is 0 Å². The molecule has 114 valence electrons. The lowest BCUT2D eigenvalue weighted by Crippen LogP contribution is -2.42. The van der Waals surface area contributed by atoms with Crippen molar-refractivity contribution in [1.29, 1.82) is 0 Å². The van der Waals surface area contributed by atoms with Crippen LogP contribution in [0.25, 0.3) is 0 Å². The predicted octanol–water partition coefficient (Wildman–Crippen LogP) is 1.47. The number of hydrogen-bond donors (Lipinski definition) is 1. The summed E-state index contributed by atoms with van der Waals surface area (Å²) >= 11 is 1.67. The topological polar surface area (TPSA) is 49.8 Å². The van der Waals surface area contributed by atoms with Crippen LogP contribution in [0.15, 0.2) is 17.5 Å². The van der Waals surface area contributed by atoms with E-state index in [1.807, 2.05) is 24.6 Å². The zero-order valence-corrected chi connectivity index (χ0v) is 13.5. The molecular formula is C14H23NO3S2. The highest BCUT2D eigenvalue weighted by Gasteiger charge is 2.22. The monoisotopic (exact) mass is 317 g/mol. The fourth-order valence-corrected chi connectivity index (χ4v) is 4.36. The van der Waals surface area contributed by atoms with Crippen molar-refractivity contribution >= 4 is 22.1 Å². The van der Waals surface area contributed by atoms with Crippen LogP contribution in [0.3, 0.4) is 0 Å². The second kappa shape index (κ2) is 8.24. The highest BCUT2D eigenvalue weighted by molar-refractivity contribution is 7.85. The smallest absolute Gasteiger partial charge is 0.0900 e. The Morgan fingerprint density at radius 2 is 2.30 bits per heavy atom. The molecule has 6 heteroatoms. The van der Waals surface area contributed by atoms with Gasteiger partial charge in [-0.1, -0.05) is 6.07 Å². The lowest BCUT2D eigenvalue weighted by atomic mass is 10.1. The van der Waals surface area contributed by atoms with E-state index in [0.717, 1.165) is 24.3 Å². The first-order valence-electron chi connectivity index (χ1n) is 6.98. The maximum Gasteiger partial charge on any atom is 0.0900 e. The summed E-state index contributed by atoms with van der Waals surface area (Å²) in [6, 6.07) is 4.48. The van der Waals surface area contributed by atoms with Gasteiger partial charge in [-0.2, -0.15) is 0 Å². The molecule has 1 atom stereocenters. The van der Waals surface area contributed by atoms with Gasteiger partial charge in [0.2, 0.25) is 0 Å². The van der Waals surface area contributed by atoms with Gasteiger partial charge in [0.05, 0.1) is 19.3 Å². The minimum absolute atomic E-state index is 0.362. The molecule has 1 aliphatic heterocycles. The first kappa shape index (κ1) is 16.1. The highest BCUT2D eigenvalue weighted by atomic mass is 32.2. The van der Waals surface area contributed by atoms with Gasteiger partial charge in [-0.05, 0) is 31.3 Å². The van der Waals surface area contributed by atoms with Gasteiger partial charge in [0.25, 0.3) is 0 Å². The van der Waals surface area contributed by atoms with Crippen LogP contribution in [0.4, 0.5) is 0 Å². The minimum atomic E-state index is -0.625. The first-order valence-corrected chi connectivity index (χ1v) is 9.35. The summed E-state index contributed by atoms with van der Waals surface area (Å²) in [5.41, 5.74) is 0. The number of nitrogens with zero attached hydrogens (tertiary/aromatic N) is 1. The van der Waals surface area contributed by atoms with Crippen molar-refractivity contribution in [2.24, 2.45) is 0 Å². The number of thiophene rings is 1. The van der Waals surface area contributed by atoms with Crippen LogP contribution in [0.1, 0.15) is 17.7 Å². The molecule has 1 aromatic rings. The van der Waals surface area contributed by atoms with E-state index < -0.39 is 16.9 Å². The molecule has 20 heavy (non-hydrogen) atoms. The van der Waals surface area contributed by atoms with Crippen LogP contribution in [0.5, 0.6) is 0 Å². The van der Waals surface area contributed by atoms with E-state index in [9.17, 15) is 9.32 Å². The summed E-state index contributed by atoms with van der Waals surface area (Å²) in [6.45, 7) is 1.55. The molecule has 2 rings (SSSR count). The zero-order valence-electron chi connectivity index (χ0n) is 11.9. The lowest BCUT2D eigenvalue weighted by Gasteiger charge is -2.32. The normalized spacial score (nSPS) is 24.9. The third kappa shape index (κ3) is 5.26. The van der Waals surface area contributed by atoms with Crippen molar-refractivity contribution in [2.75, 3.05) is 31.7 Å². The van der Waals surface area contributed by atoms with Gasteiger partial charge in [0.15, 0.2) is 0 Å². The summed E-state index contributed by atoms with van der Waals surface area (Å²) < 4.78 is 16.9. The van der Waals surface area contributed by atoms with Gasteiger partial charge in [-0.15, -0.1) is 11.3 Å². The zero-order chi connectivity index (χ0) is 14.4. The van der Waals surface area contributed by atoms with Crippen LogP contribution in [-0.4, -0.2) is 58.1 Å². The van der Waals surface area contributed by atoms with E-state index in [1.54, 1.807) is 11.3 Å². The maximum atomic E-state index is 11.3. The van der Waals surface area contributed by atoms with Crippen molar-refractivity contribution in [3.05, 3.63) is 22.4 Å². The molecule has 1 aromatic heterocycles. The predicted molar refractivity (Wildman–Crippen MR) is 83.5 cm³/mol. The van der Waals surface area contributed by atoms with E-state index in [4.69, 9.17) is 4.74 Å². The molecule has 1 fully saturated rings. The second-order valence-corrected chi connectivity index (χ2v) is 8.00. The Bertz CT molecular complexity index is 401. The molecule has 4 nitrogen and oxygen atoms in total. The quantitative estimate of drug-likeness (QED) is 0.827. The van der Waals surface area contributed by atoms with E-state index in [-0.39, 0.29) is 0 Å². The van der Waals surface area contributed by atoms with Crippen molar-refractivity contribution in [3.8, 4) is 0 Å². The van der Waals surface area contributed by atoms with E-state index in [0.29, 0.717) is 25.8 Å². The lowest BCUT2D eigenvalue weighted by molar-refractivity contribution is 0.00770. The average molecular weight is 317 g/mol. The van der Waals surface area contributed by atoms with Crippen LogP contribution in [0, 0.1) is 0 Å². The molecule has 2 heterocycles. The van der Waals surface area contributed by atoms with Crippen molar-refractivity contribution < 1.29 is 14.1 Å². The van der Waals surface area contributed by atoms with Gasteiger partial charge >= 0.3 is 0 Å². The number of ether oxygens (including phenoxy) is 1. The Balaban J connectivity index is 1.63. The largest absolute Gasteiger partial charge is 0.389 e. The molecule has 0 bridgehead atoms. The highest BCUT2D eigenvalue weighted by Crippen LogP contribution is 2.15. The Kier molecular flexibility index (Phi) is 6.64. The number of aliphatic hydroxyl groups excluding tert-OH is 1. The number of rotatable bonds is 7. The first-order chi connectivity index (χ1) is 9.65. The number of likely N-dealkylation sites (N-methyl/N-ethyl adjacent to an activating group) is 1. The fraction of sp³-hybridized carbons (Fsp3) is 0.714. The minimum Gasteiger partial charge on any atom is -0.389 e. The molecule has 1 unspecified atom stereocenters. The number of hydrogen-bond acceptors (Lipinski definition) is 5. The van der Waals surface area contributed by atoms with Gasteiger partial charge < -0.3 is 14.7 Å². The molecular weight excluding hydrogens is 294 g/mol. The summed E-state index contributed by atoms with van der Waals surface area (Å²) in [4.78, 5) is 3.36. The maximum absolute atomic E-state index is 11.3. The van der Waals surface area contributed by atoms with Crippen LogP contribution >= 0.6 is 11.3 Å². The van der Waals surface area contributed by atoms with Gasteiger partial charge in [0.1, 0.15) is 0 Å². The molecule has 0 amide bonds. The van der Waals surface area contributed by atoms with Crippen molar-refractivity contribution in [3.63, 3.8) is 0 Å². The summed E-state index contributed by atoms with van der Waals surface area (Å²) in [6.07, 6.45) is 1.46. The van der Waals surface area contributed by atoms with E-state index in [1.165, 1.54) is 4.88 Å². The Morgan fingerprint density at radius 1 is 1.55 bits per heavy atom. The molecule has 0 radical (unpaired) electrons. The molecule has 0 aromatic carbocycles. The SMILES string of the molecule is CN(CC(O)COCc1cccs1)C1CCS(=O)CC1. The molecule has 0 aliphatic carbocycles. The van der Waals surface area contributed by atoms with Crippen molar-refractivity contribution in [2.45, 2.75) is 31.6 Å². The third-order valence-electron chi connectivity index (χ3n) is 3.61. The summed E-state index contributed by atoms with van der Waals surface area (Å²) in [5.74, 6) is 1.58. The van der Waals surface area contributed by atoms with Gasteiger partial charge in [0, 0.05) is 39.8 Å². The summed E-state index contributed by atoms with van der Waals surface area (Å²) in [5, 5.41) is 12.0. The molecule has 1 N–H and O–H groups in total. The molecule has 0 spiro atoms. The molecule has 1 saturated heterocycles. The fourth-order valence-electron chi connectivity index (χ4n) is 2.45. The van der Waals surface area contributed by atoms with Crippen LogP contribution < -0.4 is 0 Å². The Hall–Kier alpha value is -0.270. The average Bonchev–Trinajstić information content (AvgIpc) is 2.92. The van der Waals surface area contributed by atoms with E-state index >= 15 is 0 Å². The number of aliphatic hydroxyl groups is 1. The second-order valence-electron chi connectivity index (χ2n) is 5.27. The molecule has 1 aliphatic rings. The van der Waals surface area contributed by atoms with E-state index in [2.05, 4.69) is 4.90 Å². The van der Waals surface area contributed by atoms with Crippen molar-refractivity contribution in [1.82, 2.24) is 4.90 Å². The van der Waals surface area contributed by atoms with Crippen LogP contribution in [-0.2, 0) is 22.1 Å². The van der Waals surface area contributed by atoms with Gasteiger partial charge in [-0.3, -0.25) is 4.21 Å². The van der Waals surface area contributed by atoms with Crippen LogP contribution in [0.2, 0.25) is 0 Å². The Labute approximate surface area is 127 Å². The standard InChI is InChI=1S/C14H23NO3S2/c1-15(12-4-7-20(17)8-5-12)9-13(16)10-18-11-14-3-2-6-19-14/h2-3,6,12-13,16H,4-5,7-11H2,1H3.